The zero-order valence-corrected chi connectivity index (χ0v) is 21.6. The number of H-pyrrole nitrogens is 1. The molecule has 4 rings (SSSR count). The van der Waals surface area contributed by atoms with Crippen LogP contribution in [0.15, 0.2) is 46.6 Å². The molecule has 3 aromatic heterocycles. The number of unbranched alkanes of at least 4 members (excludes halogenated alkanes) is 2. The van der Waals surface area contributed by atoms with Crippen LogP contribution >= 0.6 is 0 Å². The predicted molar refractivity (Wildman–Crippen MR) is 134 cm³/mol. The topological polar surface area (TPSA) is 151 Å². The summed E-state index contributed by atoms with van der Waals surface area (Å²) in [5.41, 5.74) is 1.31. The smallest absolute Gasteiger partial charge is 0.415 e. The molecular weight excluding hydrogens is 602 g/mol. The standard InChI is InChI=1S/C19H17F5N4O3.C5H4F3N3O/c20-13-6-12-14(7-11(13)15-8-26-16(9-25-15)31-19(23)24)27-10-28(17(12)29)4-2-1-3-5-30-18(21)22;6-5(7,8)3-2(9)1-10-11-4(3)12/h6-10,18-19H,1-5H2;1H,(H3,9,11,12). The molecule has 0 spiro atoms. The number of hydrogen-bond donors (Lipinski definition) is 2. The first kappa shape index (κ1) is 32.8. The van der Waals surface area contributed by atoms with Gasteiger partial charge < -0.3 is 15.2 Å². The molecule has 43 heavy (non-hydrogen) atoms. The molecule has 4 aromatic rings. The number of aryl methyl sites for hydroxylation is 1. The lowest BCUT2D eigenvalue weighted by molar-refractivity contribution is -0.138. The Morgan fingerprint density at radius 3 is 2.28 bits per heavy atom. The van der Waals surface area contributed by atoms with E-state index < -0.39 is 53.5 Å². The third kappa shape index (κ3) is 9.15. The van der Waals surface area contributed by atoms with Crippen molar-refractivity contribution < 1.29 is 44.6 Å². The summed E-state index contributed by atoms with van der Waals surface area (Å²) in [5, 5.41) is 4.79. The number of hydrogen-bond acceptors (Lipinski definition) is 9. The van der Waals surface area contributed by atoms with Crippen LogP contribution in [0.4, 0.5) is 40.8 Å². The van der Waals surface area contributed by atoms with Gasteiger partial charge in [-0.1, -0.05) is 0 Å². The van der Waals surface area contributed by atoms with Gasteiger partial charge >= 0.3 is 19.4 Å². The molecule has 0 atom stereocenters. The Morgan fingerprint density at radius 2 is 1.70 bits per heavy atom. The highest BCUT2D eigenvalue weighted by Gasteiger charge is 2.36. The summed E-state index contributed by atoms with van der Waals surface area (Å²) >= 11 is 0. The molecule has 1 aromatic carbocycles. The van der Waals surface area contributed by atoms with Crippen LogP contribution in [0.3, 0.4) is 0 Å². The fourth-order valence-corrected chi connectivity index (χ4v) is 3.58. The average molecular weight is 623 g/mol. The lowest BCUT2D eigenvalue weighted by Crippen LogP contribution is -2.24. The number of nitrogens with zero attached hydrogens (tertiary/aromatic N) is 5. The Labute approximate surface area is 235 Å². The number of rotatable bonds is 10. The van der Waals surface area contributed by atoms with Gasteiger partial charge in [0.2, 0.25) is 5.88 Å². The number of ether oxygens (including phenoxy) is 2. The minimum Gasteiger partial charge on any atom is -0.415 e. The molecule has 0 saturated heterocycles. The predicted octanol–water partition coefficient (Wildman–Crippen LogP) is 4.37. The first-order valence-corrected chi connectivity index (χ1v) is 12.0. The number of nitrogens with one attached hydrogen (secondary N) is 1. The van der Waals surface area contributed by atoms with Crippen molar-refractivity contribution in [3.8, 4) is 17.1 Å². The number of fused-ring (bicyclic) bond motifs is 1. The van der Waals surface area contributed by atoms with Crippen molar-refractivity contribution >= 4 is 16.6 Å². The minimum atomic E-state index is -4.74. The molecule has 0 radical (unpaired) electrons. The number of aromatic nitrogens is 6. The maximum absolute atomic E-state index is 14.6. The Morgan fingerprint density at radius 1 is 0.953 bits per heavy atom. The van der Waals surface area contributed by atoms with Crippen molar-refractivity contribution in [2.45, 2.75) is 45.2 Å². The molecule has 0 aliphatic carbocycles. The lowest BCUT2D eigenvalue weighted by atomic mass is 10.1. The van der Waals surface area contributed by atoms with E-state index in [-0.39, 0.29) is 35.3 Å². The van der Waals surface area contributed by atoms with Gasteiger partial charge in [0.15, 0.2) is 0 Å². The van der Waals surface area contributed by atoms with Crippen LogP contribution in [0.1, 0.15) is 24.8 Å². The Balaban J connectivity index is 0.000000353. The highest BCUT2D eigenvalue weighted by atomic mass is 19.4. The van der Waals surface area contributed by atoms with Crippen LogP contribution in [-0.4, -0.2) is 49.5 Å². The molecule has 0 saturated carbocycles. The van der Waals surface area contributed by atoms with Gasteiger partial charge in [0.25, 0.3) is 11.1 Å². The zero-order chi connectivity index (χ0) is 31.7. The summed E-state index contributed by atoms with van der Waals surface area (Å²) in [4.78, 5) is 34.8. The number of halogens is 8. The zero-order valence-electron chi connectivity index (χ0n) is 21.6. The number of anilines is 1. The highest BCUT2D eigenvalue weighted by Crippen LogP contribution is 2.29. The van der Waals surface area contributed by atoms with Crippen LogP contribution in [0, 0.1) is 5.82 Å². The van der Waals surface area contributed by atoms with Crippen molar-refractivity contribution in [1.82, 2.24) is 29.7 Å². The van der Waals surface area contributed by atoms with E-state index >= 15 is 0 Å². The third-order valence-electron chi connectivity index (χ3n) is 5.48. The fraction of sp³-hybridized carbons (Fsp3) is 0.333. The van der Waals surface area contributed by atoms with E-state index in [1.807, 2.05) is 0 Å². The summed E-state index contributed by atoms with van der Waals surface area (Å²) in [7, 11) is 0. The molecule has 19 heteroatoms. The quantitative estimate of drug-likeness (QED) is 0.194. The largest absolute Gasteiger partial charge is 0.423 e. The highest BCUT2D eigenvalue weighted by molar-refractivity contribution is 5.83. The number of nitrogens with two attached hydrogens (primary N) is 1. The maximum atomic E-state index is 14.6. The van der Waals surface area contributed by atoms with Crippen molar-refractivity contribution in [2.75, 3.05) is 12.3 Å². The van der Waals surface area contributed by atoms with E-state index in [9.17, 15) is 44.7 Å². The number of nitrogen functional groups attached to an aromatic ring is 1. The van der Waals surface area contributed by atoms with Gasteiger partial charge in [-0.05, 0) is 31.4 Å². The molecule has 0 aliphatic heterocycles. The van der Waals surface area contributed by atoms with Crippen LogP contribution in [0.5, 0.6) is 5.88 Å². The first-order valence-electron chi connectivity index (χ1n) is 12.0. The summed E-state index contributed by atoms with van der Waals surface area (Å²) in [5.74, 6) is -1.17. The lowest BCUT2D eigenvalue weighted by Gasteiger charge is -2.09. The second-order valence-electron chi connectivity index (χ2n) is 8.43. The van der Waals surface area contributed by atoms with Crippen molar-refractivity contribution in [3.63, 3.8) is 0 Å². The SMILES string of the molecule is Nc1cn[nH]c(=O)c1C(F)(F)F.O=c1c2cc(F)c(-c3cnc(OC(F)F)cn3)cc2ncn1CCCCCOC(F)F. The van der Waals surface area contributed by atoms with Gasteiger partial charge in [0, 0.05) is 12.1 Å². The molecular formula is C24H21F8N7O4. The van der Waals surface area contributed by atoms with Gasteiger partial charge in [0.1, 0.15) is 11.4 Å². The van der Waals surface area contributed by atoms with Gasteiger partial charge in [-0.25, -0.2) is 24.4 Å². The normalized spacial score (nSPS) is 11.6. The molecule has 0 fully saturated rings. The van der Waals surface area contributed by atoms with E-state index in [1.54, 1.807) is 5.10 Å². The second kappa shape index (κ2) is 14.5. The summed E-state index contributed by atoms with van der Waals surface area (Å²) in [6, 6.07) is 2.34. The molecule has 3 heterocycles. The Bertz CT molecular complexity index is 1630. The molecule has 0 amide bonds. The monoisotopic (exact) mass is 623 g/mol. The Kier molecular flexibility index (Phi) is 11.1. The number of alkyl halides is 7. The van der Waals surface area contributed by atoms with E-state index in [4.69, 9.17) is 5.73 Å². The fourth-order valence-electron chi connectivity index (χ4n) is 3.58. The van der Waals surface area contributed by atoms with Crippen LogP contribution < -0.4 is 21.6 Å². The van der Waals surface area contributed by atoms with Crippen molar-refractivity contribution in [1.29, 1.82) is 0 Å². The summed E-state index contributed by atoms with van der Waals surface area (Å²) < 4.78 is 108. The summed E-state index contributed by atoms with van der Waals surface area (Å²) in [6.45, 7) is -5.65. The molecule has 3 N–H and O–H groups in total. The average Bonchev–Trinajstić information content (AvgIpc) is 2.91. The molecule has 0 bridgehead atoms. The van der Waals surface area contributed by atoms with E-state index in [2.05, 4.69) is 29.5 Å². The number of aromatic amines is 1. The second-order valence-corrected chi connectivity index (χ2v) is 8.43. The first-order chi connectivity index (χ1) is 20.3. The maximum Gasteiger partial charge on any atom is 0.423 e. The third-order valence-corrected chi connectivity index (χ3v) is 5.48. The minimum absolute atomic E-state index is 0.00715. The van der Waals surface area contributed by atoms with E-state index in [0.29, 0.717) is 19.3 Å². The summed E-state index contributed by atoms with van der Waals surface area (Å²) in [6.07, 6.45) is 0.833. The van der Waals surface area contributed by atoms with E-state index in [0.717, 1.165) is 24.7 Å². The molecule has 0 aliphatic rings. The Hall–Kier alpha value is -4.68. The van der Waals surface area contributed by atoms with Gasteiger partial charge in [0.05, 0.1) is 53.8 Å². The molecule has 232 valence electrons. The molecule has 0 unspecified atom stereocenters. The van der Waals surface area contributed by atoms with Crippen LogP contribution in [0.25, 0.3) is 22.2 Å². The van der Waals surface area contributed by atoms with Crippen LogP contribution in [-0.2, 0) is 17.5 Å². The van der Waals surface area contributed by atoms with Gasteiger partial charge in [-0.2, -0.15) is 35.8 Å². The number of benzene rings is 1. The van der Waals surface area contributed by atoms with E-state index in [1.165, 1.54) is 17.0 Å². The molecule has 11 nitrogen and oxygen atoms in total. The van der Waals surface area contributed by atoms with Gasteiger partial charge in [-0.3, -0.25) is 14.2 Å². The van der Waals surface area contributed by atoms with Crippen molar-refractivity contribution in [3.05, 3.63) is 69.1 Å². The van der Waals surface area contributed by atoms with Gasteiger partial charge in [-0.15, -0.1) is 0 Å². The van der Waals surface area contributed by atoms with Crippen LogP contribution in [0.2, 0.25) is 0 Å². The van der Waals surface area contributed by atoms with Crippen molar-refractivity contribution in [2.24, 2.45) is 0 Å².